The quantitative estimate of drug-likeness (QED) is 0.839. The minimum Gasteiger partial charge on any atom is -0.465 e. The summed E-state index contributed by atoms with van der Waals surface area (Å²) in [6.07, 6.45) is 5.30. The van der Waals surface area contributed by atoms with Gasteiger partial charge in [0.05, 0.1) is 18.7 Å². The summed E-state index contributed by atoms with van der Waals surface area (Å²) in [6.45, 7) is 4.14. The van der Waals surface area contributed by atoms with Crippen LogP contribution >= 0.6 is 0 Å². The number of aliphatic hydroxyl groups excluding tert-OH is 1. The molecule has 0 aliphatic carbocycles. The molecule has 2 N–H and O–H groups in total. The Morgan fingerprint density at radius 1 is 1.32 bits per heavy atom. The standard InChI is InChI=1S/C19H25N3O3/c1-2-3-15-4-5-16(25-15)12-22-11-8-17(18(23)13-22)21-19(24)14-6-9-20-10-7-14/h4-7,9-10,17-18,23H,2-3,8,11-13H2,1H3,(H,21,24)/t17-,18-/m1/s1. The van der Waals surface area contributed by atoms with Crippen molar-refractivity contribution >= 4 is 5.91 Å². The number of likely N-dealkylation sites (tertiary alicyclic amines) is 1. The van der Waals surface area contributed by atoms with Gasteiger partial charge in [0.25, 0.3) is 5.91 Å². The number of carbonyl (C=O) groups is 1. The van der Waals surface area contributed by atoms with E-state index < -0.39 is 6.10 Å². The number of nitrogens with zero attached hydrogens (tertiary/aromatic N) is 2. The highest BCUT2D eigenvalue weighted by atomic mass is 16.3. The molecule has 1 aliphatic rings. The number of piperidine rings is 1. The normalized spacial score (nSPS) is 21.2. The molecule has 6 nitrogen and oxygen atoms in total. The zero-order valence-electron chi connectivity index (χ0n) is 14.5. The second-order valence-electron chi connectivity index (χ2n) is 6.53. The first-order valence-electron chi connectivity index (χ1n) is 8.84. The van der Waals surface area contributed by atoms with Crippen LogP contribution in [0.1, 0.15) is 41.6 Å². The molecule has 0 spiro atoms. The number of aliphatic hydroxyl groups is 1. The fourth-order valence-corrected chi connectivity index (χ4v) is 3.17. The first-order valence-corrected chi connectivity index (χ1v) is 8.84. The molecule has 0 saturated carbocycles. The minimum atomic E-state index is -0.593. The number of amides is 1. The number of hydrogen-bond acceptors (Lipinski definition) is 5. The Kier molecular flexibility index (Phi) is 5.83. The van der Waals surface area contributed by atoms with Gasteiger partial charge in [-0.05, 0) is 37.1 Å². The van der Waals surface area contributed by atoms with E-state index in [1.54, 1.807) is 24.5 Å². The van der Waals surface area contributed by atoms with Crippen LogP contribution in [-0.4, -0.2) is 46.1 Å². The van der Waals surface area contributed by atoms with Gasteiger partial charge < -0.3 is 14.8 Å². The molecule has 2 aromatic rings. The monoisotopic (exact) mass is 343 g/mol. The average Bonchev–Trinajstić information content (AvgIpc) is 3.05. The molecule has 2 atom stereocenters. The highest BCUT2D eigenvalue weighted by Gasteiger charge is 2.29. The number of aromatic nitrogens is 1. The van der Waals surface area contributed by atoms with Crippen molar-refractivity contribution in [3.8, 4) is 0 Å². The van der Waals surface area contributed by atoms with Crippen LogP contribution in [0.25, 0.3) is 0 Å². The largest absolute Gasteiger partial charge is 0.465 e. The number of aryl methyl sites for hydroxylation is 1. The SMILES string of the molecule is CCCc1ccc(CN2CC[C@@H](NC(=O)c3ccncc3)[C@H](O)C2)o1. The van der Waals surface area contributed by atoms with E-state index in [0.717, 1.165) is 30.9 Å². The van der Waals surface area contributed by atoms with E-state index in [4.69, 9.17) is 4.42 Å². The highest BCUT2D eigenvalue weighted by Crippen LogP contribution is 2.17. The van der Waals surface area contributed by atoms with Gasteiger partial charge in [-0.15, -0.1) is 0 Å². The number of furan rings is 1. The third kappa shape index (κ3) is 4.67. The molecule has 1 aliphatic heterocycles. The molecule has 2 aromatic heterocycles. The number of nitrogens with one attached hydrogen (secondary N) is 1. The second kappa shape index (κ2) is 8.27. The van der Waals surface area contributed by atoms with Crippen LogP contribution in [0.3, 0.4) is 0 Å². The molecule has 3 rings (SSSR count). The fraction of sp³-hybridized carbons (Fsp3) is 0.474. The molecule has 6 heteroatoms. The Bertz CT molecular complexity index is 686. The first-order chi connectivity index (χ1) is 12.2. The van der Waals surface area contributed by atoms with E-state index in [1.165, 1.54) is 0 Å². The van der Waals surface area contributed by atoms with Gasteiger partial charge in [-0.2, -0.15) is 0 Å². The summed E-state index contributed by atoms with van der Waals surface area (Å²) in [5, 5.41) is 13.3. The molecule has 0 bridgehead atoms. The van der Waals surface area contributed by atoms with E-state index in [9.17, 15) is 9.90 Å². The molecule has 134 valence electrons. The van der Waals surface area contributed by atoms with Crippen molar-refractivity contribution in [1.82, 2.24) is 15.2 Å². The van der Waals surface area contributed by atoms with Gasteiger partial charge in [0.15, 0.2) is 0 Å². The summed E-state index contributed by atoms with van der Waals surface area (Å²) in [6, 6.07) is 7.14. The maximum Gasteiger partial charge on any atom is 0.251 e. The van der Waals surface area contributed by atoms with Crippen LogP contribution < -0.4 is 5.32 Å². The molecule has 1 saturated heterocycles. The van der Waals surface area contributed by atoms with Gasteiger partial charge in [-0.3, -0.25) is 14.7 Å². The van der Waals surface area contributed by atoms with Gasteiger partial charge in [0.1, 0.15) is 11.5 Å². The van der Waals surface area contributed by atoms with E-state index in [2.05, 4.69) is 22.1 Å². The summed E-state index contributed by atoms with van der Waals surface area (Å²) in [5.74, 6) is 1.77. The molecule has 1 fully saturated rings. The number of carbonyl (C=O) groups excluding carboxylic acids is 1. The van der Waals surface area contributed by atoms with Crippen LogP contribution in [0.2, 0.25) is 0 Å². The molecule has 25 heavy (non-hydrogen) atoms. The maximum atomic E-state index is 12.2. The summed E-state index contributed by atoms with van der Waals surface area (Å²) >= 11 is 0. The molecule has 3 heterocycles. The van der Waals surface area contributed by atoms with Crippen LogP contribution in [-0.2, 0) is 13.0 Å². The van der Waals surface area contributed by atoms with Crippen molar-refractivity contribution in [3.05, 3.63) is 53.7 Å². The van der Waals surface area contributed by atoms with Gasteiger partial charge in [0.2, 0.25) is 0 Å². The Balaban J connectivity index is 1.51. The zero-order valence-corrected chi connectivity index (χ0v) is 14.5. The van der Waals surface area contributed by atoms with Crippen molar-refractivity contribution in [3.63, 3.8) is 0 Å². The summed E-state index contributed by atoms with van der Waals surface area (Å²) in [5.41, 5.74) is 0.559. The minimum absolute atomic E-state index is 0.171. The van der Waals surface area contributed by atoms with Gasteiger partial charge in [-0.25, -0.2) is 0 Å². The lowest BCUT2D eigenvalue weighted by Crippen LogP contribution is -2.53. The number of β-amino-alcohol motifs (C(OH)–C–C–N with tert-alkyl or cyclic N) is 1. The van der Waals surface area contributed by atoms with Crippen molar-refractivity contribution in [2.45, 2.75) is 44.9 Å². The fourth-order valence-electron chi connectivity index (χ4n) is 3.17. The molecule has 0 aromatic carbocycles. The molecule has 1 amide bonds. The van der Waals surface area contributed by atoms with Crippen LogP contribution in [0.15, 0.2) is 41.1 Å². The summed E-state index contributed by atoms with van der Waals surface area (Å²) in [7, 11) is 0. The van der Waals surface area contributed by atoms with E-state index in [0.29, 0.717) is 25.1 Å². The predicted molar refractivity (Wildman–Crippen MR) is 94.1 cm³/mol. The van der Waals surface area contributed by atoms with Gasteiger partial charge >= 0.3 is 0 Å². The van der Waals surface area contributed by atoms with Gasteiger partial charge in [-0.1, -0.05) is 6.92 Å². The number of pyridine rings is 1. The van der Waals surface area contributed by atoms with Gasteiger partial charge in [0, 0.05) is 37.5 Å². The van der Waals surface area contributed by atoms with E-state index in [-0.39, 0.29) is 11.9 Å². The molecular formula is C19H25N3O3. The molecular weight excluding hydrogens is 318 g/mol. The Labute approximate surface area is 147 Å². The average molecular weight is 343 g/mol. The Hall–Kier alpha value is -2.18. The third-order valence-corrected chi connectivity index (χ3v) is 4.52. The zero-order chi connectivity index (χ0) is 17.6. The second-order valence-corrected chi connectivity index (χ2v) is 6.53. The lowest BCUT2D eigenvalue weighted by Gasteiger charge is -2.35. The Morgan fingerprint density at radius 3 is 2.80 bits per heavy atom. The van der Waals surface area contributed by atoms with Crippen LogP contribution in [0, 0.1) is 0 Å². The van der Waals surface area contributed by atoms with Crippen molar-refractivity contribution in [1.29, 1.82) is 0 Å². The first kappa shape index (κ1) is 17.6. The Morgan fingerprint density at radius 2 is 2.08 bits per heavy atom. The van der Waals surface area contributed by atoms with Crippen molar-refractivity contribution in [2.24, 2.45) is 0 Å². The smallest absolute Gasteiger partial charge is 0.251 e. The third-order valence-electron chi connectivity index (χ3n) is 4.52. The lowest BCUT2D eigenvalue weighted by molar-refractivity contribution is 0.0325. The summed E-state index contributed by atoms with van der Waals surface area (Å²) < 4.78 is 5.81. The highest BCUT2D eigenvalue weighted by molar-refractivity contribution is 5.94. The molecule has 0 radical (unpaired) electrons. The van der Waals surface area contributed by atoms with E-state index in [1.807, 2.05) is 12.1 Å². The summed E-state index contributed by atoms with van der Waals surface area (Å²) in [4.78, 5) is 18.3. The maximum absolute atomic E-state index is 12.2. The van der Waals surface area contributed by atoms with E-state index >= 15 is 0 Å². The van der Waals surface area contributed by atoms with Crippen molar-refractivity contribution in [2.75, 3.05) is 13.1 Å². The van der Waals surface area contributed by atoms with Crippen LogP contribution in [0.4, 0.5) is 0 Å². The predicted octanol–water partition coefficient (Wildman–Crippen LogP) is 1.99. The van der Waals surface area contributed by atoms with Crippen LogP contribution in [0.5, 0.6) is 0 Å². The molecule has 0 unspecified atom stereocenters. The number of hydrogen-bond donors (Lipinski definition) is 2. The number of rotatable bonds is 6. The topological polar surface area (TPSA) is 78.6 Å². The van der Waals surface area contributed by atoms with Crippen molar-refractivity contribution < 1.29 is 14.3 Å². The lowest BCUT2D eigenvalue weighted by atomic mass is 10.0.